The van der Waals surface area contributed by atoms with E-state index in [1.807, 2.05) is 37.3 Å². The highest BCUT2D eigenvalue weighted by molar-refractivity contribution is 8.26. The van der Waals surface area contributed by atoms with Gasteiger partial charge in [0.2, 0.25) is 12.7 Å². The van der Waals surface area contributed by atoms with Crippen LogP contribution in [0.5, 0.6) is 17.4 Å². The van der Waals surface area contributed by atoms with Crippen LogP contribution >= 0.6 is 24.0 Å². The minimum Gasteiger partial charge on any atom is -0.494 e. The van der Waals surface area contributed by atoms with Crippen molar-refractivity contribution in [3.63, 3.8) is 0 Å². The molecule has 0 radical (unpaired) electrons. The molecule has 0 atom stereocenters. The van der Waals surface area contributed by atoms with Gasteiger partial charge in [-0.3, -0.25) is 23.9 Å². The standard InChI is InChI=1S/C28H21N3O6S2/c1-15-3-5-17(6-4-15)10-23-26(34)31(28(38)39-23)13-20(32)24-16(2)19(11-29)25(33)30(27(24)35)12-18-7-8-21-22(9-18)37-14-36-21/h3-10,35H,12-14H2,1-2H3/b23-10-. The molecule has 9 nitrogen and oxygen atoms in total. The number of thioether (sulfide) groups is 1. The molecular formula is C28H21N3O6S2. The Morgan fingerprint density at radius 2 is 1.87 bits per heavy atom. The molecule has 2 aliphatic rings. The Morgan fingerprint density at radius 1 is 1.15 bits per heavy atom. The number of pyridine rings is 1. The molecule has 1 saturated heterocycles. The van der Waals surface area contributed by atoms with E-state index in [0.29, 0.717) is 22.0 Å². The fourth-order valence-corrected chi connectivity index (χ4v) is 5.58. The number of ketones is 1. The lowest BCUT2D eigenvalue weighted by Crippen LogP contribution is -2.35. The van der Waals surface area contributed by atoms with Gasteiger partial charge in [0, 0.05) is 0 Å². The summed E-state index contributed by atoms with van der Waals surface area (Å²) in [5.74, 6) is -0.663. The Hall–Kier alpha value is -4.40. The molecule has 11 heteroatoms. The maximum absolute atomic E-state index is 13.5. The largest absolute Gasteiger partial charge is 0.494 e. The topological polar surface area (TPSA) is 122 Å². The molecule has 1 N–H and O–H groups in total. The molecule has 5 rings (SSSR count). The van der Waals surface area contributed by atoms with Crippen molar-refractivity contribution in [1.29, 1.82) is 5.26 Å². The van der Waals surface area contributed by atoms with E-state index in [4.69, 9.17) is 21.7 Å². The van der Waals surface area contributed by atoms with Crippen molar-refractivity contribution in [3.8, 4) is 23.4 Å². The number of hydrogen-bond donors (Lipinski definition) is 1. The monoisotopic (exact) mass is 559 g/mol. The summed E-state index contributed by atoms with van der Waals surface area (Å²) >= 11 is 6.45. The van der Waals surface area contributed by atoms with Crippen LogP contribution in [0.25, 0.3) is 6.08 Å². The third-order valence-corrected chi connectivity index (χ3v) is 7.78. The maximum atomic E-state index is 13.5. The quantitative estimate of drug-likeness (QED) is 0.272. The molecule has 0 spiro atoms. The first-order valence-electron chi connectivity index (χ1n) is 11.8. The molecule has 1 aromatic heterocycles. The number of hydrogen-bond acceptors (Lipinski definition) is 9. The number of rotatable bonds is 6. The van der Waals surface area contributed by atoms with E-state index < -0.39 is 29.7 Å². The fourth-order valence-electron chi connectivity index (χ4n) is 4.33. The number of carbonyl (C=O) groups is 2. The fraction of sp³-hybridized carbons (Fsp3) is 0.179. The number of amides is 1. The van der Waals surface area contributed by atoms with E-state index in [-0.39, 0.29) is 34.3 Å². The van der Waals surface area contributed by atoms with Crippen LogP contribution in [0.2, 0.25) is 0 Å². The number of aromatic nitrogens is 1. The highest BCUT2D eigenvalue weighted by atomic mass is 32.2. The predicted octanol–water partition coefficient (Wildman–Crippen LogP) is 3.90. The number of fused-ring (bicyclic) bond motifs is 1. The van der Waals surface area contributed by atoms with Crippen molar-refractivity contribution in [2.24, 2.45) is 0 Å². The predicted molar refractivity (Wildman–Crippen MR) is 149 cm³/mol. The van der Waals surface area contributed by atoms with Gasteiger partial charge in [-0.05, 0) is 48.7 Å². The molecule has 3 aromatic rings. The molecule has 0 bridgehead atoms. The molecule has 3 heterocycles. The summed E-state index contributed by atoms with van der Waals surface area (Å²) in [5.41, 5.74) is 1.28. The SMILES string of the molecule is Cc1ccc(/C=C2\SC(=S)N(CC(=O)c3c(C)c(C#N)c(=O)n(Cc4ccc5c(c4)OCO5)c3O)C2=O)cc1. The highest BCUT2D eigenvalue weighted by Gasteiger charge is 2.35. The first-order valence-corrected chi connectivity index (χ1v) is 13.0. The third-order valence-electron chi connectivity index (χ3n) is 6.41. The van der Waals surface area contributed by atoms with Gasteiger partial charge in [-0.1, -0.05) is 59.9 Å². The molecule has 196 valence electrons. The number of aryl methyl sites for hydroxylation is 1. The molecule has 2 aliphatic heterocycles. The minimum atomic E-state index is -0.742. The number of nitrogens with zero attached hydrogens (tertiary/aromatic N) is 3. The first-order chi connectivity index (χ1) is 18.7. The third kappa shape index (κ3) is 4.92. The number of Topliss-reactive ketones (excluding diaryl/α,β-unsaturated/α-hetero) is 1. The molecule has 0 saturated carbocycles. The summed E-state index contributed by atoms with van der Waals surface area (Å²) in [7, 11) is 0. The first kappa shape index (κ1) is 26.2. The van der Waals surface area contributed by atoms with E-state index in [2.05, 4.69) is 0 Å². The number of aromatic hydroxyl groups is 1. The molecular weight excluding hydrogens is 538 g/mol. The Kier molecular flexibility index (Phi) is 6.99. The van der Waals surface area contributed by atoms with Gasteiger partial charge >= 0.3 is 0 Å². The van der Waals surface area contributed by atoms with E-state index in [1.165, 1.54) is 6.92 Å². The lowest BCUT2D eigenvalue weighted by molar-refractivity contribution is -0.121. The van der Waals surface area contributed by atoms with Crippen LogP contribution in [0.1, 0.15) is 38.2 Å². The summed E-state index contributed by atoms with van der Waals surface area (Å²) < 4.78 is 11.8. The van der Waals surface area contributed by atoms with Gasteiger partial charge in [0.05, 0.1) is 23.6 Å². The van der Waals surface area contributed by atoms with Gasteiger partial charge in [-0.25, -0.2) is 0 Å². The molecule has 1 fully saturated rings. The normalized spacial score (nSPS) is 15.2. The molecule has 39 heavy (non-hydrogen) atoms. The highest BCUT2D eigenvalue weighted by Crippen LogP contribution is 2.35. The van der Waals surface area contributed by atoms with E-state index in [0.717, 1.165) is 32.4 Å². The van der Waals surface area contributed by atoms with Crippen molar-refractivity contribution in [3.05, 3.63) is 91.1 Å². The van der Waals surface area contributed by atoms with Gasteiger partial charge in [0.15, 0.2) is 17.3 Å². The summed E-state index contributed by atoms with van der Waals surface area (Å²) in [4.78, 5) is 41.2. The number of ether oxygens (including phenoxy) is 2. The van der Waals surface area contributed by atoms with Crippen molar-refractivity contribution >= 4 is 46.1 Å². The summed E-state index contributed by atoms with van der Waals surface area (Å²) in [6.07, 6.45) is 1.70. The van der Waals surface area contributed by atoms with Gasteiger partial charge in [0.25, 0.3) is 11.5 Å². The van der Waals surface area contributed by atoms with Crippen molar-refractivity contribution < 1.29 is 24.2 Å². The Bertz CT molecular complexity index is 1690. The van der Waals surface area contributed by atoms with Gasteiger partial charge < -0.3 is 14.6 Å². The molecule has 0 unspecified atom stereocenters. The zero-order chi connectivity index (χ0) is 27.8. The zero-order valence-electron chi connectivity index (χ0n) is 20.9. The van der Waals surface area contributed by atoms with Crippen molar-refractivity contribution in [1.82, 2.24) is 9.47 Å². The van der Waals surface area contributed by atoms with Crippen LogP contribution in [-0.4, -0.2) is 43.9 Å². The Morgan fingerprint density at radius 3 is 2.59 bits per heavy atom. The summed E-state index contributed by atoms with van der Waals surface area (Å²) in [6.45, 7) is 2.86. The van der Waals surface area contributed by atoms with Crippen LogP contribution in [0.15, 0.2) is 52.2 Å². The Balaban J connectivity index is 1.45. The maximum Gasteiger partial charge on any atom is 0.271 e. The van der Waals surface area contributed by atoms with E-state index in [1.54, 1.807) is 24.3 Å². The zero-order valence-corrected chi connectivity index (χ0v) is 22.5. The molecule has 0 aliphatic carbocycles. The summed E-state index contributed by atoms with van der Waals surface area (Å²) in [5, 5.41) is 20.8. The number of thiocarbonyl (C=S) groups is 1. The van der Waals surface area contributed by atoms with Crippen LogP contribution in [0.3, 0.4) is 0 Å². The second-order valence-electron chi connectivity index (χ2n) is 8.99. The van der Waals surface area contributed by atoms with Gasteiger partial charge in [0.1, 0.15) is 16.0 Å². The average Bonchev–Trinajstić information content (AvgIpc) is 3.48. The smallest absolute Gasteiger partial charge is 0.271 e. The van der Waals surface area contributed by atoms with E-state index >= 15 is 0 Å². The molecule has 1 amide bonds. The molecule has 2 aromatic carbocycles. The Labute approximate surface area is 232 Å². The average molecular weight is 560 g/mol. The number of carbonyl (C=O) groups excluding carboxylic acids is 2. The lowest BCUT2D eigenvalue weighted by atomic mass is 10.0. The second-order valence-corrected chi connectivity index (χ2v) is 10.7. The van der Waals surface area contributed by atoms with Gasteiger partial charge in [-0.2, -0.15) is 5.26 Å². The summed E-state index contributed by atoms with van der Waals surface area (Å²) in [6, 6.07) is 14.5. The van der Waals surface area contributed by atoms with Gasteiger partial charge in [-0.15, -0.1) is 0 Å². The van der Waals surface area contributed by atoms with Crippen LogP contribution in [0.4, 0.5) is 0 Å². The van der Waals surface area contributed by atoms with E-state index in [9.17, 15) is 24.8 Å². The number of benzene rings is 2. The minimum absolute atomic E-state index is 0.0348. The second kappa shape index (κ2) is 10.4. The van der Waals surface area contributed by atoms with Crippen molar-refractivity contribution in [2.45, 2.75) is 20.4 Å². The van der Waals surface area contributed by atoms with Crippen LogP contribution in [0, 0.1) is 25.2 Å². The van der Waals surface area contributed by atoms with Crippen LogP contribution < -0.4 is 15.0 Å². The van der Waals surface area contributed by atoms with Crippen molar-refractivity contribution in [2.75, 3.05) is 13.3 Å². The number of nitriles is 1. The lowest BCUT2D eigenvalue weighted by Gasteiger charge is -2.18. The van der Waals surface area contributed by atoms with Crippen LogP contribution in [-0.2, 0) is 11.3 Å².